The van der Waals surface area contributed by atoms with E-state index in [1.165, 1.54) is 17.3 Å². The lowest BCUT2D eigenvalue weighted by Gasteiger charge is -2.33. The molecule has 138 valence electrons. The molecule has 1 aromatic heterocycles. The topological polar surface area (TPSA) is 33.2 Å². The van der Waals surface area contributed by atoms with E-state index in [0.29, 0.717) is 11.6 Å². The standard InChI is InChI=1S/C18H15F5N2O/c19-14-4-3-13(15(16(14)20)18(21,22)23)11-5-8-25(9-6-11)17(26)12-2-1-7-24-10-12/h1-4,7,10-11H,5-6,8-9H2. The summed E-state index contributed by atoms with van der Waals surface area (Å²) in [5, 5.41) is 0. The summed E-state index contributed by atoms with van der Waals surface area (Å²) < 4.78 is 66.6. The highest BCUT2D eigenvalue weighted by atomic mass is 19.4. The van der Waals surface area contributed by atoms with Crippen LogP contribution in [0.15, 0.2) is 36.7 Å². The molecule has 0 unspecified atom stereocenters. The highest BCUT2D eigenvalue weighted by Crippen LogP contribution is 2.41. The van der Waals surface area contributed by atoms with Crippen LogP contribution in [0.4, 0.5) is 22.0 Å². The molecule has 0 aliphatic carbocycles. The number of hydrogen-bond donors (Lipinski definition) is 0. The first kappa shape index (κ1) is 18.3. The van der Waals surface area contributed by atoms with Gasteiger partial charge in [-0.15, -0.1) is 0 Å². The van der Waals surface area contributed by atoms with Crippen LogP contribution >= 0.6 is 0 Å². The average molecular weight is 370 g/mol. The van der Waals surface area contributed by atoms with E-state index in [1.54, 1.807) is 12.1 Å². The summed E-state index contributed by atoms with van der Waals surface area (Å²) in [5.41, 5.74) is -1.41. The van der Waals surface area contributed by atoms with Crippen molar-refractivity contribution in [1.29, 1.82) is 0 Å². The molecule has 0 radical (unpaired) electrons. The van der Waals surface area contributed by atoms with Gasteiger partial charge in [0.2, 0.25) is 0 Å². The van der Waals surface area contributed by atoms with Crippen molar-refractivity contribution in [2.45, 2.75) is 24.9 Å². The van der Waals surface area contributed by atoms with Gasteiger partial charge in [0.15, 0.2) is 11.6 Å². The van der Waals surface area contributed by atoms with E-state index in [0.717, 1.165) is 6.07 Å². The Bertz CT molecular complexity index is 799. The lowest BCUT2D eigenvalue weighted by atomic mass is 9.85. The molecule has 1 fully saturated rings. The number of amides is 1. The van der Waals surface area contributed by atoms with Crippen LogP contribution in [-0.4, -0.2) is 28.9 Å². The molecular weight excluding hydrogens is 355 g/mol. The molecule has 2 aromatic rings. The van der Waals surface area contributed by atoms with Crippen molar-refractivity contribution >= 4 is 5.91 Å². The summed E-state index contributed by atoms with van der Waals surface area (Å²) in [6, 6.07) is 4.94. The Hall–Kier alpha value is -2.51. The summed E-state index contributed by atoms with van der Waals surface area (Å²) in [6.45, 7) is 0.462. The van der Waals surface area contributed by atoms with Gasteiger partial charge in [0.25, 0.3) is 5.91 Å². The van der Waals surface area contributed by atoms with E-state index in [4.69, 9.17) is 0 Å². The Labute approximate surface area is 146 Å². The molecule has 0 bridgehead atoms. The lowest BCUT2D eigenvalue weighted by Crippen LogP contribution is -2.38. The average Bonchev–Trinajstić information content (AvgIpc) is 2.63. The summed E-state index contributed by atoms with van der Waals surface area (Å²) in [4.78, 5) is 17.8. The second kappa shape index (κ2) is 7.01. The first-order chi connectivity index (χ1) is 12.3. The van der Waals surface area contributed by atoms with Gasteiger partial charge in [-0.2, -0.15) is 13.2 Å². The minimum absolute atomic E-state index is 0.231. The summed E-state index contributed by atoms with van der Waals surface area (Å²) in [5.74, 6) is -4.24. The van der Waals surface area contributed by atoms with E-state index >= 15 is 0 Å². The van der Waals surface area contributed by atoms with Gasteiger partial charge in [-0.25, -0.2) is 8.78 Å². The zero-order valence-corrected chi connectivity index (χ0v) is 13.6. The van der Waals surface area contributed by atoms with Crippen molar-refractivity contribution < 1.29 is 26.7 Å². The number of aromatic nitrogens is 1. The van der Waals surface area contributed by atoms with E-state index in [2.05, 4.69) is 4.98 Å². The SMILES string of the molecule is O=C(c1cccnc1)N1CCC(c2ccc(F)c(F)c2C(F)(F)F)CC1. The molecule has 0 spiro atoms. The second-order valence-electron chi connectivity index (χ2n) is 6.13. The Morgan fingerprint density at radius 3 is 2.38 bits per heavy atom. The summed E-state index contributed by atoms with van der Waals surface area (Å²) in [6.07, 6.45) is -1.55. The molecule has 0 N–H and O–H groups in total. The fourth-order valence-corrected chi connectivity index (χ4v) is 3.26. The van der Waals surface area contributed by atoms with Gasteiger partial charge in [-0.3, -0.25) is 9.78 Å². The van der Waals surface area contributed by atoms with Crippen LogP contribution < -0.4 is 0 Å². The zero-order chi connectivity index (χ0) is 18.9. The van der Waals surface area contributed by atoms with Gasteiger partial charge >= 0.3 is 6.18 Å². The van der Waals surface area contributed by atoms with E-state index in [1.807, 2.05) is 0 Å². The quantitative estimate of drug-likeness (QED) is 0.735. The first-order valence-corrected chi connectivity index (χ1v) is 8.03. The number of carbonyl (C=O) groups excluding carboxylic acids is 1. The van der Waals surface area contributed by atoms with Crippen molar-refractivity contribution in [3.63, 3.8) is 0 Å². The molecule has 1 aliphatic rings. The van der Waals surface area contributed by atoms with Crippen LogP contribution in [0.3, 0.4) is 0 Å². The van der Waals surface area contributed by atoms with Gasteiger partial charge in [0, 0.05) is 25.5 Å². The van der Waals surface area contributed by atoms with Crippen molar-refractivity contribution in [3.8, 4) is 0 Å². The molecule has 3 rings (SSSR count). The number of likely N-dealkylation sites (tertiary alicyclic amines) is 1. The number of carbonyl (C=O) groups is 1. The summed E-state index contributed by atoms with van der Waals surface area (Å²) >= 11 is 0. The maximum atomic E-state index is 13.8. The Kier molecular flexibility index (Phi) is 4.93. The Morgan fingerprint density at radius 2 is 1.81 bits per heavy atom. The number of piperidine rings is 1. The predicted octanol–water partition coefficient (Wildman–Crippen LogP) is 4.40. The van der Waals surface area contributed by atoms with Crippen molar-refractivity contribution in [2.24, 2.45) is 0 Å². The molecular formula is C18H15F5N2O. The Morgan fingerprint density at radius 1 is 1.12 bits per heavy atom. The molecule has 2 heterocycles. The second-order valence-corrected chi connectivity index (χ2v) is 6.13. The Balaban J connectivity index is 1.79. The molecule has 8 heteroatoms. The molecule has 26 heavy (non-hydrogen) atoms. The maximum Gasteiger partial charge on any atom is 0.419 e. The number of nitrogens with zero attached hydrogens (tertiary/aromatic N) is 2. The normalized spacial score (nSPS) is 16.0. The number of halogens is 5. The van der Waals surface area contributed by atoms with E-state index < -0.39 is 29.3 Å². The third-order valence-corrected chi connectivity index (χ3v) is 4.54. The molecule has 3 nitrogen and oxygen atoms in total. The van der Waals surface area contributed by atoms with Crippen LogP contribution in [-0.2, 0) is 6.18 Å². The molecule has 1 saturated heterocycles. The highest BCUT2D eigenvalue weighted by Gasteiger charge is 2.40. The molecule has 0 saturated carbocycles. The minimum Gasteiger partial charge on any atom is -0.339 e. The number of alkyl halides is 3. The van der Waals surface area contributed by atoms with Crippen LogP contribution in [0.1, 0.15) is 40.2 Å². The molecule has 1 aliphatic heterocycles. The van der Waals surface area contributed by atoms with Crippen molar-refractivity contribution in [1.82, 2.24) is 9.88 Å². The molecule has 1 aromatic carbocycles. The zero-order valence-electron chi connectivity index (χ0n) is 13.6. The van der Waals surface area contributed by atoms with Gasteiger partial charge in [-0.1, -0.05) is 6.07 Å². The smallest absolute Gasteiger partial charge is 0.339 e. The third-order valence-electron chi connectivity index (χ3n) is 4.54. The largest absolute Gasteiger partial charge is 0.419 e. The highest BCUT2D eigenvalue weighted by molar-refractivity contribution is 5.93. The first-order valence-electron chi connectivity index (χ1n) is 8.03. The van der Waals surface area contributed by atoms with E-state index in [9.17, 15) is 26.7 Å². The number of hydrogen-bond acceptors (Lipinski definition) is 2. The van der Waals surface area contributed by atoms with Gasteiger partial charge in [-0.05, 0) is 42.5 Å². The maximum absolute atomic E-state index is 13.8. The van der Waals surface area contributed by atoms with Gasteiger partial charge in [0.05, 0.1) is 11.1 Å². The van der Waals surface area contributed by atoms with Crippen LogP contribution in [0, 0.1) is 11.6 Å². The van der Waals surface area contributed by atoms with Crippen molar-refractivity contribution in [3.05, 3.63) is 65.0 Å². The van der Waals surface area contributed by atoms with Crippen LogP contribution in [0.5, 0.6) is 0 Å². The van der Waals surface area contributed by atoms with Crippen molar-refractivity contribution in [2.75, 3.05) is 13.1 Å². The monoisotopic (exact) mass is 370 g/mol. The van der Waals surface area contributed by atoms with Gasteiger partial charge < -0.3 is 4.90 Å². The van der Waals surface area contributed by atoms with Gasteiger partial charge in [0.1, 0.15) is 0 Å². The fraction of sp³-hybridized carbons (Fsp3) is 0.333. The molecule has 1 amide bonds. The van der Waals surface area contributed by atoms with E-state index in [-0.39, 0.29) is 37.4 Å². The fourth-order valence-electron chi connectivity index (χ4n) is 3.26. The minimum atomic E-state index is -4.98. The number of pyridine rings is 1. The number of benzene rings is 1. The third kappa shape index (κ3) is 3.54. The van der Waals surface area contributed by atoms with Crippen LogP contribution in [0.2, 0.25) is 0 Å². The number of rotatable bonds is 2. The van der Waals surface area contributed by atoms with Crippen LogP contribution in [0.25, 0.3) is 0 Å². The molecule has 0 atom stereocenters. The predicted molar refractivity (Wildman–Crippen MR) is 83.5 cm³/mol. The lowest BCUT2D eigenvalue weighted by molar-refractivity contribution is -0.141. The summed E-state index contributed by atoms with van der Waals surface area (Å²) in [7, 11) is 0.